The van der Waals surface area contributed by atoms with Gasteiger partial charge in [0.1, 0.15) is 5.82 Å². The van der Waals surface area contributed by atoms with Crippen molar-refractivity contribution in [1.82, 2.24) is 9.55 Å². The van der Waals surface area contributed by atoms with Crippen LogP contribution in [0.5, 0.6) is 0 Å². The Hall–Kier alpha value is -0.520. The number of benzene rings is 1. The maximum atomic E-state index is 6.06. The van der Waals surface area contributed by atoms with Gasteiger partial charge in [0.05, 0.1) is 46.8 Å². The van der Waals surface area contributed by atoms with Gasteiger partial charge in [-0.1, -0.05) is 23.2 Å². The zero-order chi connectivity index (χ0) is 14.5. The molecule has 4 nitrogen and oxygen atoms in total. The lowest BCUT2D eigenvalue weighted by Crippen LogP contribution is -2.11. The average molecular weight is 338 g/mol. The van der Waals surface area contributed by atoms with Gasteiger partial charge in [0.25, 0.3) is 0 Å². The Morgan fingerprint density at radius 3 is 2.60 bits per heavy atom. The first-order valence-corrected chi connectivity index (χ1v) is 7.43. The second-order valence-corrected chi connectivity index (χ2v) is 5.26. The van der Waals surface area contributed by atoms with E-state index in [0.29, 0.717) is 42.3 Å². The number of hydrogen-bond donors (Lipinski definition) is 0. The first-order valence-electron chi connectivity index (χ1n) is 6.14. The molecule has 1 heterocycles. The number of aromatic nitrogens is 2. The lowest BCUT2D eigenvalue weighted by Gasteiger charge is -2.08. The molecule has 0 N–H and O–H groups in total. The molecular formula is C13H15Cl3N2O2. The van der Waals surface area contributed by atoms with Crippen LogP contribution in [0.4, 0.5) is 0 Å². The molecular weight excluding hydrogens is 323 g/mol. The van der Waals surface area contributed by atoms with Gasteiger partial charge in [-0.15, -0.1) is 11.6 Å². The van der Waals surface area contributed by atoms with E-state index in [1.807, 2.05) is 4.57 Å². The third-order valence-corrected chi connectivity index (χ3v) is 3.84. The van der Waals surface area contributed by atoms with Crippen LogP contribution in [-0.2, 0) is 21.9 Å². The summed E-state index contributed by atoms with van der Waals surface area (Å²) in [5.41, 5.74) is 1.69. The largest absolute Gasteiger partial charge is 0.382 e. The Bertz CT molecular complexity index is 586. The van der Waals surface area contributed by atoms with E-state index in [1.165, 1.54) is 0 Å². The summed E-state index contributed by atoms with van der Waals surface area (Å²) in [6.45, 7) is 2.35. The Balaban J connectivity index is 2.19. The van der Waals surface area contributed by atoms with Gasteiger partial charge in [-0.3, -0.25) is 0 Å². The molecule has 0 radical (unpaired) electrons. The summed E-state index contributed by atoms with van der Waals surface area (Å²) in [6, 6.07) is 3.55. The number of methoxy groups -OCH3 is 1. The fraction of sp³-hybridized carbons (Fsp3) is 0.462. The van der Waals surface area contributed by atoms with Crippen LogP contribution in [0.25, 0.3) is 11.0 Å². The Morgan fingerprint density at radius 2 is 1.90 bits per heavy atom. The molecule has 0 amide bonds. The molecule has 2 rings (SSSR count). The van der Waals surface area contributed by atoms with E-state index in [9.17, 15) is 0 Å². The van der Waals surface area contributed by atoms with Crippen molar-refractivity contribution in [2.75, 3.05) is 26.9 Å². The molecule has 0 spiro atoms. The second-order valence-electron chi connectivity index (χ2n) is 4.17. The zero-order valence-corrected chi connectivity index (χ0v) is 13.3. The first kappa shape index (κ1) is 15.9. The fourth-order valence-electron chi connectivity index (χ4n) is 1.92. The lowest BCUT2D eigenvalue weighted by molar-refractivity contribution is 0.0667. The molecule has 110 valence electrons. The highest BCUT2D eigenvalue weighted by atomic mass is 35.5. The summed E-state index contributed by atoms with van der Waals surface area (Å²) in [5.74, 6) is 1.09. The monoisotopic (exact) mass is 336 g/mol. The number of hydrogen-bond acceptors (Lipinski definition) is 3. The second kappa shape index (κ2) is 7.48. The van der Waals surface area contributed by atoms with E-state index in [1.54, 1.807) is 19.2 Å². The van der Waals surface area contributed by atoms with Gasteiger partial charge in [0.2, 0.25) is 0 Å². The predicted octanol–water partition coefficient (Wildman–Crippen LogP) is 3.74. The number of rotatable bonds is 7. The van der Waals surface area contributed by atoms with Crippen molar-refractivity contribution in [3.8, 4) is 0 Å². The SMILES string of the molecule is COCCOCCn1c(CCl)nc2cc(Cl)c(Cl)cc21. The Kier molecular flexibility index (Phi) is 5.93. The maximum absolute atomic E-state index is 6.06. The van der Waals surface area contributed by atoms with Gasteiger partial charge in [-0.25, -0.2) is 4.98 Å². The van der Waals surface area contributed by atoms with Gasteiger partial charge in [0.15, 0.2) is 0 Å². The van der Waals surface area contributed by atoms with Gasteiger partial charge >= 0.3 is 0 Å². The van der Waals surface area contributed by atoms with E-state index in [0.717, 1.165) is 16.9 Å². The molecule has 20 heavy (non-hydrogen) atoms. The quantitative estimate of drug-likeness (QED) is 0.570. The minimum atomic E-state index is 0.321. The minimum Gasteiger partial charge on any atom is -0.382 e. The average Bonchev–Trinajstić information content (AvgIpc) is 2.76. The van der Waals surface area contributed by atoms with Crippen molar-refractivity contribution in [1.29, 1.82) is 0 Å². The van der Waals surface area contributed by atoms with Crippen molar-refractivity contribution in [2.45, 2.75) is 12.4 Å². The van der Waals surface area contributed by atoms with Crippen LogP contribution >= 0.6 is 34.8 Å². The van der Waals surface area contributed by atoms with Crippen molar-refractivity contribution in [3.63, 3.8) is 0 Å². The summed E-state index contributed by atoms with van der Waals surface area (Å²) >= 11 is 18.0. The Morgan fingerprint density at radius 1 is 1.15 bits per heavy atom. The van der Waals surface area contributed by atoms with Gasteiger partial charge in [-0.05, 0) is 12.1 Å². The highest BCUT2D eigenvalue weighted by Gasteiger charge is 2.12. The van der Waals surface area contributed by atoms with E-state index < -0.39 is 0 Å². The number of alkyl halides is 1. The number of ether oxygens (including phenoxy) is 2. The van der Waals surface area contributed by atoms with Crippen LogP contribution < -0.4 is 0 Å². The molecule has 1 aromatic heterocycles. The summed E-state index contributed by atoms with van der Waals surface area (Å²) in [4.78, 5) is 4.46. The van der Waals surface area contributed by atoms with Gasteiger partial charge in [-0.2, -0.15) is 0 Å². The third kappa shape index (κ3) is 3.57. The van der Waals surface area contributed by atoms with E-state index in [-0.39, 0.29) is 0 Å². The topological polar surface area (TPSA) is 36.3 Å². The van der Waals surface area contributed by atoms with Crippen molar-refractivity contribution < 1.29 is 9.47 Å². The molecule has 0 atom stereocenters. The molecule has 0 aliphatic rings. The number of imidazole rings is 1. The van der Waals surface area contributed by atoms with Crippen LogP contribution in [-0.4, -0.2) is 36.5 Å². The third-order valence-electron chi connectivity index (χ3n) is 2.88. The molecule has 0 unspecified atom stereocenters. The smallest absolute Gasteiger partial charge is 0.124 e. The van der Waals surface area contributed by atoms with Crippen molar-refractivity contribution >= 4 is 45.8 Å². The van der Waals surface area contributed by atoms with Crippen LogP contribution in [0.2, 0.25) is 10.0 Å². The van der Waals surface area contributed by atoms with Crippen LogP contribution in [0, 0.1) is 0 Å². The first-order chi connectivity index (χ1) is 9.67. The summed E-state index contributed by atoms with van der Waals surface area (Å²) in [7, 11) is 1.64. The molecule has 0 saturated carbocycles. The molecule has 0 aliphatic heterocycles. The number of fused-ring (bicyclic) bond motifs is 1. The maximum Gasteiger partial charge on any atom is 0.124 e. The fourth-order valence-corrected chi connectivity index (χ4v) is 2.44. The van der Waals surface area contributed by atoms with Crippen LogP contribution in [0.15, 0.2) is 12.1 Å². The van der Waals surface area contributed by atoms with Crippen molar-refractivity contribution in [2.24, 2.45) is 0 Å². The van der Waals surface area contributed by atoms with E-state index >= 15 is 0 Å². The summed E-state index contributed by atoms with van der Waals surface area (Å²) < 4.78 is 12.4. The molecule has 2 aromatic rings. The number of halogens is 3. The van der Waals surface area contributed by atoms with E-state index in [4.69, 9.17) is 44.3 Å². The highest BCUT2D eigenvalue weighted by molar-refractivity contribution is 6.42. The molecule has 0 saturated heterocycles. The minimum absolute atomic E-state index is 0.321. The Labute approximate surface area is 132 Å². The molecule has 0 bridgehead atoms. The van der Waals surface area contributed by atoms with Crippen molar-refractivity contribution in [3.05, 3.63) is 28.0 Å². The van der Waals surface area contributed by atoms with Gasteiger partial charge < -0.3 is 14.0 Å². The lowest BCUT2D eigenvalue weighted by atomic mass is 10.3. The normalized spacial score (nSPS) is 11.4. The molecule has 1 aromatic carbocycles. The number of nitrogens with zero attached hydrogens (tertiary/aromatic N) is 2. The van der Waals surface area contributed by atoms with Crippen LogP contribution in [0.1, 0.15) is 5.82 Å². The van der Waals surface area contributed by atoms with Gasteiger partial charge in [0, 0.05) is 13.7 Å². The highest BCUT2D eigenvalue weighted by Crippen LogP contribution is 2.28. The zero-order valence-electron chi connectivity index (χ0n) is 11.0. The summed E-state index contributed by atoms with van der Waals surface area (Å²) in [5, 5.41) is 0.989. The van der Waals surface area contributed by atoms with Crippen LogP contribution in [0.3, 0.4) is 0 Å². The predicted molar refractivity (Wildman–Crippen MR) is 82.0 cm³/mol. The van der Waals surface area contributed by atoms with E-state index in [2.05, 4.69) is 4.98 Å². The summed E-state index contributed by atoms with van der Waals surface area (Å²) in [6.07, 6.45) is 0. The standard InChI is InChI=1S/C13H15Cl3N2O2/c1-19-4-5-20-3-2-18-12-7-10(16)9(15)6-11(12)17-13(18)8-14/h6-7H,2-5,8H2,1H3. The molecule has 0 aliphatic carbocycles. The molecule has 7 heteroatoms. The molecule has 0 fully saturated rings.